The van der Waals surface area contributed by atoms with Gasteiger partial charge in [-0.1, -0.05) is 6.07 Å². The van der Waals surface area contributed by atoms with Gasteiger partial charge >= 0.3 is 0 Å². The normalized spacial score (nSPS) is 22.9. The Bertz CT molecular complexity index is 888. The molecule has 1 atom stereocenters. The molecule has 148 valence electrons. The first-order valence-corrected chi connectivity index (χ1v) is 10.1. The van der Waals surface area contributed by atoms with Crippen LogP contribution in [0.1, 0.15) is 52.1 Å². The molecule has 5 rings (SSSR count). The van der Waals surface area contributed by atoms with Crippen LogP contribution in [-0.4, -0.2) is 57.4 Å². The highest BCUT2D eigenvalue weighted by Gasteiger charge is 2.50. The molecule has 7 heteroatoms. The second-order valence-electron chi connectivity index (χ2n) is 8.37. The van der Waals surface area contributed by atoms with Crippen LogP contribution in [0.4, 0.5) is 0 Å². The molecule has 0 saturated carbocycles. The molecule has 2 fully saturated rings. The molecule has 28 heavy (non-hydrogen) atoms. The monoisotopic (exact) mass is 382 g/mol. The summed E-state index contributed by atoms with van der Waals surface area (Å²) in [4.78, 5) is 18.9. The van der Waals surface area contributed by atoms with Gasteiger partial charge in [0.1, 0.15) is 5.60 Å². The van der Waals surface area contributed by atoms with Gasteiger partial charge in [0.05, 0.1) is 25.8 Å². The molecule has 0 radical (unpaired) electrons. The molecule has 1 unspecified atom stereocenters. The number of aromatic nitrogens is 3. The number of aromatic amines is 1. The number of fused-ring (bicyclic) bond motifs is 1. The number of likely N-dealkylation sites (tertiary alicyclic amines) is 1. The summed E-state index contributed by atoms with van der Waals surface area (Å²) >= 11 is 0. The summed E-state index contributed by atoms with van der Waals surface area (Å²) in [6.45, 7) is 4.53. The predicted molar refractivity (Wildman–Crippen MR) is 102 cm³/mol. The Morgan fingerprint density at radius 2 is 2.29 bits per heavy atom. The number of pyridine rings is 1. The minimum atomic E-state index is -0.261. The van der Waals surface area contributed by atoms with E-state index in [2.05, 4.69) is 21.2 Å². The molecule has 1 spiro atoms. The number of amides is 1. The summed E-state index contributed by atoms with van der Waals surface area (Å²) in [5.74, 6) is 0.0301. The maximum Gasteiger partial charge on any atom is 0.274 e. The molecule has 2 aromatic rings. The van der Waals surface area contributed by atoms with E-state index in [-0.39, 0.29) is 17.6 Å². The van der Waals surface area contributed by atoms with Gasteiger partial charge in [-0.2, -0.15) is 5.10 Å². The van der Waals surface area contributed by atoms with E-state index in [4.69, 9.17) is 9.47 Å². The maximum absolute atomic E-state index is 12.8. The zero-order valence-corrected chi connectivity index (χ0v) is 16.2. The van der Waals surface area contributed by atoms with Crippen LogP contribution in [0.3, 0.4) is 0 Å². The van der Waals surface area contributed by atoms with E-state index < -0.39 is 0 Å². The lowest BCUT2D eigenvalue weighted by Crippen LogP contribution is -2.67. The number of carbonyl (C=O) groups is 1. The number of nitrogens with zero attached hydrogens (tertiary/aromatic N) is 3. The standard InChI is InChI=1S/C21H26N4O3/c1-14-7-15(10-22-9-14)11-27-16-5-6-28-21(8-16)12-25(13-21)20(26)19-17-3-2-4-18(17)23-24-19/h7,9-10,16H,2-6,8,11-13H2,1H3,(H,23,24). The van der Waals surface area contributed by atoms with E-state index in [0.717, 1.165) is 54.5 Å². The fourth-order valence-corrected chi connectivity index (χ4v) is 4.69. The van der Waals surface area contributed by atoms with Crippen molar-refractivity contribution in [3.05, 3.63) is 46.5 Å². The summed E-state index contributed by atoms with van der Waals surface area (Å²) in [5, 5.41) is 7.30. The third-order valence-corrected chi connectivity index (χ3v) is 6.12. The third kappa shape index (κ3) is 3.22. The second kappa shape index (κ2) is 6.97. The smallest absolute Gasteiger partial charge is 0.274 e. The average molecular weight is 382 g/mol. The van der Waals surface area contributed by atoms with Crippen LogP contribution >= 0.6 is 0 Å². The third-order valence-electron chi connectivity index (χ3n) is 6.12. The number of rotatable bonds is 4. The molecular weight excluding hydrogens is 356 g/mol. The Hall–Kier alpha value is -2.25. The Balaban J connectivity index is 1.17. The molecule has 0 aromatic carbocycles. The quantitative estimate of drug-likeness (QED) is 0.877. The highest BCUT2D eigenvalue weighted by atomic mass is 16.5. The van der Waals surface area contributed by atoms with Gasteiger partial charge in [-0.3, -0.25) is 14.9 Å². The fourth-order valence-electron chi connectivity index (χ4n) is 4.69. The summed E-state index contributed by atoms with van der Waals surface area (Å²) < 4.78 is 12.2. The van der Waals surface area contributed by atoms with Crippen molar-refractivity contribution in [1.82, 2.24) is 20.1 Å². The SMILES string of the molecule is Cc1cncc(COC2CCOC3(C2)CN(C(=O)c2n[nH]c4c2CCC4)C3)c1. The first-order valence-electron chi connectivity index (χ1n) is 10.1. The molecule has 3 aliphatic rings. The number of H-pyrrole nitrogens is 1. The number of aryl methyl sites for hydroxylation is 2. The molecular formula is C21H26N4O3. The lowest BCUT2D eigenvalue weighted by Gasteiger charge is -2.52. The summed E-state index contributed by atoms with van der Waals surface area (Å²) in [7, 11) is 0. The molecule has 2 aromatic heterocycles. The summed E-state index contributed by atoms with van der Waals surface area (Å²) in [5.41, 5.74) is 4.83. The van der Waals surface area contributed by atoms with Crippen LogP contribution in [0.5, 0.6) is 0 Å². The van der Waals surface area contributed by atoms with Gasteiger partial charge in [0.15, 0.2) is 5.69 Å². The van der Waals surface area contributed by atoms with Crippen LogP contribution in [0.25, 0.3) is 0 Å². The van der Waals surface area contributed by atoms with Gasteiger partial charge in [-0.15, -0.1) is 0 Å². The van der Waals surface area contributed by atoms with E-state index in [1.807, 2.05) is 24.2 Å². The topological polar surface area (TPSA) is 80.3 Å². The number of hydrogen-bond donors (Lipinski definition) is 1. The average Bonchev–Trinajstić information content (AvgIpc) is 3.28. The van der Waals surface area contributed by atoms with E-state index >= 15 is 0 Å². The number of nitrogens with one attached hydrogen (secondary N) is 1. The van der Waals surface area contributed by atoms with Crippen molar-refractivity contribution in [3.63, 3.8) is 0 Å². The van der Waals surface area contributed by atoms with Crippen molar-refractivity contribution < 1.29 is 14.3 Å². The molecule has 2 saturated heterocycles. The Morgan fingerprint density at radius 1 is 1.39 bits per heavy atom. The zero-order chi connectivity index (χ0) is 19.1. The first kappa shape index (κ1) is 17.8. The molecule has 7 nitrogen and oxygen atoms in total. The van der Waals surface area contributed by atoms with Gasteiger partial charge in [0, 0.05) is 36.7 Å². The number of hydrogen-bond acceptors (Lipinski definition) is 5. The second-order valence-corrected chi connectivity index (χ2v) is 8.37. The van der Waals surface area contributed by atoms with E-state index in [1.54, 1.807) is 0 Å². The van der Waals surface area contributed by atoms with E-state index in [1.165, 1.54) is 0 Å². The van der Waals surface area contributed by atoms with Crippen molar-refractivity contribution in [3.8, 4) is 0 Å². The molecule has 1 amide bonds. The van der Waals surface area contributed by atoms with Crippen molar-refractivity contribution in [2.75, 3.05) is 19.7 Å². The van der Waals surface area contributed by atoms with Gasteiger partial charge in [-0.05, 0) is 43.7 Å². The Kier molecular flexibility index (Phi) is 4.44. The van der Waals surface area contributed by atoms with Gasteiger partial charge in [-0.25, -0.2) is 0 Å². The number of ether oxygens (including phenoxy) is 2. The van der Waals surface area contributed by atoms with Crippen LogP contribution in [-0.2, 0) is 28.9 Å². The van der Waals surface area contributed by atoms with Gasteiger partial charge in [0.2, 0.25) is 0 Å². The highest BCUT2D eigenvalue weighted by Crippen LogP contribution is 2.37. The van der Waals surface area contributed by atoms with Crippen LogP contribution in [0.2, 0.25) is 0 Å². The number of carbonyl (C=O) groups excluding carboxylic acids is 1. The van der Waals surface area contributed by atoms with Crippen molar-refractivity contribution in [2.24, 2.45) is 0 Å². The van der Waals surface area contributed by atoms with E-state index in [9.17, 15) is 4.79 Å². The van der Waals surface area contributed by atoms with Crippen molar-refractivity contribution in [2.45, 2.75) is 57.3 Å². The van der Waals surface area contributed by atoms with Crippen LogP contribution < -0.4 is 0 Å². The largest absolute Gasteiger partial charge is 0.373 e. The highest BCUT2D eigenvalue weighted by molar-refractivity contribution is 5.95. The Morgan fingerprint density at radius 3 is 3.14 bits per heavy atom. The Labute approximate surface area is 164 Å². The minimum absolute atomic E-state index is 0.0301. The molecule has 4 heterocycles. The lowest BCUT2D eigenvalue weighted by molar-refractivity contribution is -0.188. The lowest BCUT2D eigenvalue weighted by atomic mass is 9.84. The molecule has 1 aliphatic carbocycles. The fraction of sp³-hybridized carbons (Fsp3) is 0.571. The molecule has 0 bridgehead atoms. The first-order chi connectivity index (χ1) is 13.6. The van der Waals surface area contributed by atoms with Gasteiger partial charge < -0.3 is 14.4 Å². The summed E-state index contributed by atoms with van der Waals surface area (Å²) in [6.07, 6.45) is 8.63. The maximum atomic E-state index is 12.8. The molecule has 2 aliphatic heterocycles. The van der Waals surface area contributed by atoms with Gasteiger partial charge in [0.25, 0.3) is 5.91 Å². The van der Waals surface area contributed by atoms with Crippen molar-refractivity contribution >= 4 is 5.91 Å². The van der Waals surface area contributed by atoms with E-state index in [0.29, 0.717) is 32.0 Å². The zero-order valence-electron chi connectivity index (χ0n) is 16.2. The minimum Gasteiger partial charge on any atom is -0.373 e. The summed E-state index contributed by atoms with van der Waals surface area (Å²) in [6, 6.07) is 2.11. The van der Waals surface area contributed by atoms with Crippen molar-refractivity contribution in [1.29, 1.82) is 0 Å². The van der Waals surface area contributed by atoms with Crippen LogP contribution in [0.15, 0.2) is 18.5 Å². The predicted octanol–water partition coefficient (Wildman–Crippen LogP) is 2.19. The molecule has 1 N–H and O–H groups in total. The van der Waals surface area contributed by atoms with Crippen LogP contribution in [0, 0.1) is 6.92 Å².